The van der Waals surface area contributed by atoms with E-state index in [1.165, 1.54) is 0 Å². The fourth-order valence-corrected chi connectivity index (χ4v) is 0.497. The summed E-state index contributed by atoms with van der Waals surface area (Å²) < 4.78 is 6.47. The van der Waals surface area contributed by atoms with Gasteiger partial charge >= 0.3 is 0 Å². The third-order valence-corrected chi connectivity index (χ3v) is 0.897. The molecule has 0 amide bonds. The lowest BCUT2D eigenvalue weighted by Crippen LogP contribution is -1.73. The van der Waals surface area contributed by atoms with Crippen LogP contribution < -0.4 is 0 Å². The van der Waals surface area contributed by atoms with Crippen molar-refractivity contribution >= 4 is 17.9 Å². The fraction of sp³-hybridized carbons (Fsp3) is 0. The second-order valence-electron chi connectivity index (χ2n) is 1.46. The van der Waals surface area contributed by atoms with Crippen molar-refractivity contribution in [3.8, 4) is 0 Å². The van der Waals surface area contributed by atoms with E-state index in [-0.39, 0.29) is 0 Å². The largest absolute Gasteiger partial charge is 0.295 e. The zero-order valence-electron chi connectivity index (χ0n) is 5.37. The lowest BCUT2D eigenvalue weighted by Gasteiger charge is -1.84. The molecule has 1 rings (SSSR count). The Morgan fingerprint density at radius 1 is 1.50 bits per heavy atom. The first kappa shape index (κ1) is 9.14. The Balaban J connectivity index is 0.000000371. The molecule has 54 valence electrons. The van der Waals surface area contributed by atoms with Gasteiger partial charge in [0.1, 0.15) is 0 Å². The van der Waals surface area contributed by atoms with Gasteiger partial charge in [0.05, 0.1) is 17.6 Å². The van der Waals surface area contributed by atoms with E-state index in [4.69, 9.17) is 4.66 Å². The molecule has 0 bridgehead atoms. The summed E-state index contributed by atoms with van der Waals surface area (Å²) in [7, 11) is 0. The maximum absolute atomic E-state index is 6.47. The topological polar surface area (TPSA) is 33.1 Å². The lowest BCUT2D eigenvalue weighted by molar-refractivity contribution is 0.632. The van der Waals surface area contributed by atoms with Crippen molar-refractivity contribution in [2.75, 3.05) is 0 Å². The summed E-state index contributed by atoms with van der Waals surface area (Å²) >= 11 is 3.64. The van der Waals surface area contributed by atoms with E-state index in [1.807, 2.05) is 18.2 Å². The van der Waals surface area contributed by atoms with E-state index in [9.17, 15) is 0 Å². The third-order valence-electron chi connectivity index (χ3n) is 0.897. The highest BCUT2D eigenvalue weighted by atomic mass is 35.5. The molecule has 0 aliphatic rings. The van der Waals surface area contributed by atoms with E-state index in [2.05, 4.69) is 23.4 Å². The van der Waals surface area contributed by atoms with Gasteiger partial charge in [-0.1, -0.05) is 12.6 Å². The van der Waals surface area contributed by atoms with E-state index in [0.717, 1.165) is 5.69 Å². The maximum Gasteiger partial charge on any atom is 0.0623 e. The summed E-state index contributed by atoms with van der Waals surface area (Å²) in [6.45, 7) is 3.57. The Morgan fingerprint density at radius 3 is 2.50 bits per heavy atom. The van der Waals surface area contributed by atoms with Crippen molar-refractivity contribution in [2.45, 2.75) is 0 Å². The Bertz CT molecular complexity index is 176. The minimum atomic E-state index is 0.924. The number of nitrogens with zero attached hydrogens (tertiary/aromatic N) is 1. The van der Waals surface area contributed by atoms with Crippen LogP contribution in [0.5, 0.6) is 0 Å². The molecule has 1 aromatic heterocycles. The quantitative estimate of drug-likeness (QED) is 0.675. The molecule has 0 fully saturated rings. The summed E-state index contributed by atoms with van der Waals surface area (Å²) in [5, 5.41) is 0. The molecule has 0 spiro atoms. The molecule has 0 saturated carbocycles. The van der Waals surface area contributed by atoms with Gasteiger partial charge in [-0.3, -0.25) is 9.64 Å². The molecular formula is C7H8ClNO. The van der Waals surface area contributed by atoms with Crippen LogP contribution in [0.3, 0.4) is 0 Å². The summed E-state index contributed by atoms with van der Waals surface area (Å²) in [4.78, 5) is 3.98. The Labute approximate surface area is 65.0 Å². The van der Waals surface area contributed by atoms with Gasteiger partial charge in [0.25, 0.3) is 0 Å². The molecule has 0 atom stereocenters. The SMILES string of the molecule is C=Cc1ccccn1.OCl. The van der Waals surface area contributed by atoms with Crippen molar-refractivity contribution in [1.29, 1.82) is 0 Å². The summed E-state index contributed by atoms with van der Waals surface area (Å²) in [5.74, 6) is 0. The van der Waals surface area contributed by atoms with Crippen molar-refractivity contribution in [2.24, 2.45) is 0 Å². The molecule has 1 heterocycles. The molecule has 0 unspecified atom stereocenters. The van der Waals surface area contributed by atoms with Gasteiger partial charge in [-0.15, -0.1) is 0 Å². The van der Waals surface area contributed by atoms with Gasteiger partial charge in [0, 0.05) is 6.20 Å². The van der Waals surface area contributed by atoms with E-state index < -0.39 is 0 Å². The molecule has 0 saturated heterocycles. The van der Waals surface area contributed by atoms with Crippen LogP contribution in [0.15, 0.2) is 31.0 Å². The smallest absolute Gasteiger partial charge is 0.0623 e. The summed E-state index contributed by atoms with van der Waals surface area (Å²) in [6, 6.07) is 5.73. The highest BCUT2D eigenvalue weighted by molar-refractivity contribution is 6.04. The van der Waals surface area contributed by atoms with Crippen LogP contribution in [0.25, 0.3) is 6.08 Å². The molecule has 0 aromatic carbocycles. The van der Waals surface area contributed by atoms with Crippen LogP contribution in [-0.2, 0) is 0 Å². The predicted octanol–water partition coefficient (Wildman–Crippen LogP) is 1.86. The van der Waals surface area contributed by atoms with E-state index >= 15 is 0 Å². The first-order valence-electron chi connectivity index (χ1n) is 2.64. The van der Waals surface area contributed by atoms with Gasteiger partial charge < -0.3 is 0 Å². The minimum absolute atomic E-state index is 0.924. The number of rotatable bonds is 1. The number of pyridine rings is 1. The number of aromatic nitrogens is 1. The van der Waals surface area contributed by atoms with Crippen LogP contribution in [-0.4, -0.2) is 9.64 Å². The fourth-order valence-electron chi connectivity index (χ4n) is 0.497. The maximum atomic E-state index is 6.47. The van der Waals surface area contributed by atoms with Crippen LogP contribution in [0.1, 0.15) is 5.69 Å². The monoisotopic (exact) mass is 157 g/mol. The molecule has 0 aliphatic carbocycles. The van der Waals surface area contributed by atoms with Crippen molar-refractivity contribution in [3.63, 3.8) is 0 Å². The Kier molecular flexibility index (Phi) is 5.72. The molecule has 10 heavy (non-hydrogen) atoms. The molecule has 3 heteroatoms. The predicted molar refractivity (Wildman–Crippen MR) is 42.4 cm³/mol. The molecule has 0 aliphatic heterocycles. The second-order valence-corrected chi connectivity index (χ2v) is 1.46. The van der Waals surface area contributed by atoms with Gasteiger partial charge in [0.15, 0.2) is 0 Å². The minimum Gasteiger partial charge on any atom is -0.295 e. The van der Waals surface area contributed by atoms with Crippen molar-refractivity contribution in [1.82, 2.24) is 4.98 Å². The standard InChI is InChI=1S/C7H7N.ClHO/c1-2-7-5-3-4-6-8-7;1-2/h2-6H,1H2;2H. The second kappa shape index (κ2) is 6.26. The van der Waals surface area contributed by atoms with Crippen LogP contribution in [0, 0.1) is 0 Å². The van der Waals surface area contributed by atoms with Gasteiger partial charge in [-0.05, 0) is 18.2 Å². The van der Waals surface area contributed by atoms with E-state index in [0.29, 0.717) is 0 Å². The first-order chi connectivity index (χ1) is 4.93. The number of halogens is 1. The van der Waals surface area contributed by atoms with Gasteiger partial charge in [0.2, 0.25) is 0 Å². The van der Waals surface area contributed by atoms with Crippen LogP contribution >= 0.6 is 11.9 Å². The van der Waals surface area contributed by atoms with E-state index in [1.54, 1.807) is 12.3 Å². The number of hydrogen-bond donors (Lipinski definition) is 1. The summed E-state index contributed by atoms with van der Waals surface area (Å²) in [6.07, 6.45) is 3.47. The molecule has 0 radical (unpaired) electrons. The summed E-state index contributed by atoms with van der Waals surface area (Å²) in [5.41, 5.74) is 0.924. The third kappa shape index (κ3) is 3.22. The lowest BCUT2D eigenvalue weighted by atomic mass is 10.4. The molecular weight excluding hydrogens is 150 g/mol. The molecule has 2 nitrogen and oxygen atoms in total. The zero-order valence-corrected chi connectivity index (χ0v) is 6.12. The van der Waals surface area contributed by atoms with Gasteiger partial charge in [-0.25, -0.2) is 0 Å². The molecule has 1 N–H and O–H groups in total. The molecule has 1 aromatic rings. The zero-order chi connectivity index (χ0) is 7.82. The average Bonchev–Trinajstić information content (AvgIpc) is 2.10. The van der Waals surface area contributed by atoms with Crippen LogP contribution in [0.2, 0.25) is 0 Å². The Hall–Kier alpha value is -0.860. The van der Waals surface area contributed by atoms with Crippen molar-refractivity contribution < 1.29 is 4.66 Å². The average molecular weight is 158 g/mol. The van der Waals surface area contributed by atoms with Gasteiger partial charge in [-0.2, -0.15) is 0 Å². The normalized spacial score (nSPS) is 7.40. The first-order valence-corrected chi connectivity index (χ1v) is 2.97. The van der Waals surface area contributed by atoms with Crippen molar-refractivity contribution in [3.05, 3.63) is 36.7 Å². The highest BCUT2D eigenvalue weighted by Crippen LogP contribution is 1.91. The number of hydrogen-bond acceptors (Lipinski definition) is 2. The van der Waals surface area contributed by atoms with Crippen LogP contribution in [0.4, 0.5) is 0 Å². The highest BCUT2D eigenvalue weighted by Gasteiger charge is 1.77. The Morgan fingerprint density at radius 2 is 2.20 bits per heavy atom.